The molecule has 1 unspecified atom stereocenters. The van der Waals surface area contributed by atoms with Gasteiger partial charge >= 0.3 is 0 Å². The lowest BCUT2D eigenvalue weighted by Gasteiger charge is -2.34. The van der Waals surface area contributed by atoms with Crippen molar-refractivity contribution < 1.29 is 0 Å². The average Bonchev–Trinajstić information content (AvgIpc) is 2.38. The molecule has 104 valence electrons. The summed E-state index contributed by atoms with van der Waals surface area (Å²) < 4.78 is 0. The first-order valence-electron chi connectivity index (χ1n) is 6.40. The first-order valence-corrected chi connectivity index (χ1v) is 7.18. The third kappa shape index (κ3) is 3.67. The van der Waals surface area contributed by atoms with Crippen LogP contribution in [0.15, 0.2) is 6.07 Å². The zero-order chi connectivity index (χ0) is 13.8. The van der Waals surface area contributed by atoms with Gasteiger partial charge in [-0.3, -0.25) is 0 Å². The average molecular weight is 300 g/mol. The summed E-state index contributed by atoms with van der Waals surface area (Å²) in [5.41, 5.74) is 0. The van der Waals surface area contributed by atoms with E-state index in [0.717, 1.165) is 12.4 Å². The first-order chi connectivity index (χ1) is 9.10. The fourth-order valence-electron chi connectivity index (χ4n) is 2.21. The molecule has 0 aromatic carbocycles. The second kappa shape index (κ2) is 6.34. The number of anilines is 2. The van der Waals surface area contributed by atoms with Crippen LogP contribution in [0.1, 0.15) is 26.2 Å². The van der Waals surface area contributed by atoms with Crippen molar-refractivity contribution in [2.24, 2.45) is 0 Å². The monoisotopic (exact) mass is 299 g/mol. The number of halogens is 1. The summed E-state index contributed by atoms with van der Waals surface area (Å²) in [5.74, 6) is 1.29. The minimum atomic E-state index is 0.421. The van der Waals surface area contributed by atoms with Crippen molar-refractivity contribution in [3.8, 4) is 0 Å². The maximum atomic E-state index is 6.06. The highest BCUT2D eigenvalue weighted by molar-refractivity contribution is 7.80. The summed E-state index contributed by atoms with van der Waals surface area (Å²) in [6.07, 6.45) is 3.63. The second-order valence-electron chi connectivity index (χ2n) is 4.61. The SMILES string of the molecule is CNC(=S)Nc1nc(Cl)cc(N2CCCCC2C)n1. The number of hydrogen-bond acceptors (Lipinski definition) is 4. The fraction of sp³-hybridized carbons (Fsp3) is 0.583. The van der Waals surface area contributed by atoms with Crippen LogP contribution in [0.4, 0.5) is 11.8 Å². The molecule has 2 rings (SSSR count). The summed E-state index contributed by atoms with van der Waals surface area (Å²) in [7, 11) is 1.74. The van der Waals surface area contributed by atoms with Gasteiger partial charge in [0.2, 0.25) is 5.95 Å². The Labute approximate surface area is 123 Å². The minimum Gasteiger partial charge on any atom is -0.365 e. The summed E-state index contributed by atoms with van der Waals surface area (Å²) in [4.78, 5) is 10.9. The van der Waals surface area contributed by atoms with Gasteiger partial charge in [0.15, 0.2) is 5.11 Å². The van der Waals surface area contributed by atoms with Crippen LogP contribution in [0.3, 0.4) is 0 Å². The fourth-order valence-corrected chi connectivity index (χ4v) is 2.48. The second-order valence-corrected chi connectivity index (χ2v) is 5.41. The van der Waals surface area contributed by atoms with E-state index < -0.39 is 0 Å². The molecule has 0 bridgehead atoms. The third-order valence-corrected chi connectivity index (χ3v) is 3.73. The Bertz CT molecular complexity index is 467. The van der Waals surface area contributed by atoms with Crippen LogP contribution in [0.5, 0.6) is 0 Å². The van der Waals surface area contributed by atoms with Crippen molar-refractivity contribution in [1.82, 2.24) is 15.3 Å². The van der Waals surface area contributed by atoms with Crippen LogP contribution in [0.2, 0.25) is 5.15 Å². The number of nitrogens with one attached hydrogen (secondary N) is 2. The zero-order valence-electron chi connectivity index (χ0n) is 11.1. The summed E-state index contributed by atoms with van der Waals surface area (Å²) in [6.45, 7) is 3.21. The molecule has 2 N–H and O–H groups in total. The van der Waals surface area contributed by atoms with Crippen molar-refractivity contribution in [3.05, 3.63) is 11.2 Å². The van der Waals surface area contributed by atoms with Gasteiger partial charge < -0.3 is 15.5 Å². The van der Waals surface area contributed by atoms with Gasteiger partial charge in [0.25, 0.3) is 0 Å². The number of piperidine rings is 1. The molecule has 1 saturated heterocycles. The molecule has 1 aliphatic heterocycles. The molecule has 2 heterocycles. The molecule has 0 amide bonds. The van der Waals surface area contributed by atoms with E-state index in [1.54, 1.807) is 13.1 Å². The molecule has 0 radical (unpaired) electrons. The topological polar surface area (TPSA) is 53.1 Å². The number of thiocarbonyl (C=S) groups is 1. The van der Waals surface area contributed by atoms with Crippen LogP contribution in [0, 0.1) is 0 Å². The van der Waals surface area contributed by atoms with Crippen molar-refractivity contribution in [3.63, 3.8) is 0 Å². The van der Waals surface area contributed by atoms with E-state index in [4.69, 9.17) is 23.8 Å². The summed E-state index contributed by atoms with van der Waals surface area (Å²) >= 11 is 11.1. The minimum absolute atomic E-state index is 0.421. The Morgan fingerprint density at radius 3 is 2.95 bits per heavy atom. The van der Waals surface area contributed by atoms with E-state index in [-0.39, 0.29) is 0 Å². The normalized spacial score (nSPS) is 19.1. The Hall–Kier alpha value is -1.14. The van der Waals surface area contributed by atoms with E-state index in [9.17, 15) is 0 Å². The molecule has 0 saturated carbocycles. The predicted molar refractivity (Wildman–Crippen MR) is 83.0 cm³/mol. The van der Waals surface area contributed by atoms with E-state index in [1.807, 2.05) is 0 Å². The first kappa shape index (κ1) is 14.3. The number of hydrogen-bond donors (Lipinski definition) is 2. The molecule has 1 fully saturated rings. The van der Waals surface area contributed by atoms with Gasteiger partial charge in [-0.1, -0.05) is 11.6 Å². The van der Waals surface area contributed by atoms with Gasteiger partial charge in [-0.2, -0.15) is 4.98 Å². The van der Waals surface area contributed by atoms with Gasteiger partial charge in [-0.15, -0.1) is 0 Å². The molecule has 19 heavy (non-hydrogen) atoms. The van der Waals surface area contributed by atoms with Gasteiger partial charge in [0.05, 0.1) is 0 Å². The van der Waals surface area contributed by atoms with Gasteiger partial charge in [0.1, 0.15) is 11.0 Å². The molecule has 1 aromatic heterocycles. The third-order valence-electron chi connectivity index (χ3n) is 3.23. The van der Waals surface area contributed by atoms with Crippen molar-refractivity contribution in [2.45, 2.75) is 32.2 Å². The van der Waals surface area contributed by atoms with Crippen LogP contribution in [-0.4, -0.2) is 34.7 Å². The van der Waals surface area contributed by atoms with Crippen LogP contribution in [-0.2, 0) is 0 Å². The lowest BCUT2D eigenvalue weighted by atomic mass is 10.0. The number of rotatable bonds is 2. The largest absolute Gasteiger partial charge is 0.365 e. The van der Waals surface area contributed by atoms with Gasteiger partial charge in [-0.25, -0.2) is 4.98 Å². The highest BCUT2D eigenvalue weighted by atomic mass is 35.5. The molecule has 1 atom stereocenters. The van der Waals surface area contributed by atoms with Crippen molar-refractivity contribution in [1.29, 1.82) is 0 Å². The highest BCUT2D eigenvalue weighted by Crippen LogP contribution is 2.25. The van der Waals surface area contributed by atoms with E-state index in [1.165, 1.54) is 19.3 Å². The standard InChI is InChI=1S/C12H18ClN5S/c1-8-5-3-4-6-18(8)10-7-9(13)15-11(16-10)17-12(19)14-2/h7-8H,3-6H2,1-2H3,(H2,14,15,16,17,19). The van der Waals surface area contributed by atoms with Gasteiger partial charge in [-0.05, 0) is 38.4 Å². The zero-order valence-corrected chi connectivity index (χ0v) is 12.7. The lowest BCUT2D eigenvalue weighted by Crippen LogP contribution is -2.38. The van der Waals surface area contributed by atoms with E-state index in [0.29, 0.717) is 22.3 Å². The number of nitrogens with zero attached hydrogens (tertiary/aromatic N) is 3. The molecular formula is C12H18ClN5S. The Kier molecular flexibility index (Phi) is 4.76. The predicted octanol–water partition coefficient (Wildman–Crippen LogP) is 2.43. The summed E-state index contributed by atoms with van der Waals surface area (Å²) in [5, 5.41) is 6.63. The Balaban J connectivity index is 2.22. The van der Waals surface area contributed by atoms with Gasteiger partial charge in [0, 0.05) is 25.7 Å². The smallest absolute Gasteiger partial charge is 0.232 e. The van der Waals surface area contributed by atoms with E-state index in [2.05, 4.69) is 32.4 Å². The molecule has 5 nitrogen and oxygen atoms in total. The lowest BCUT2D eigenvalue weighted by molar-refractivity contribution is 0.481. The molecule has 0 spiro atoms. The highest BCUT2D eigenvalue weighted by Gasteiger charge is 2.20. The Morgan fingerprint density at radius 2 is 2.26 bits per heavy atom. The molecule has 7 heteroatoms. The van der Waals surface area contributed by atoms with Crippen molar-refractivity contribution >= 4 is 40.7 Å². The maximum absolute atomic E-state index is 6.06. The van der Waals surface area contributed by atoms with E-state index >= 15 is 0 Å². The summed E-state index contributed by atoms with van der Waals surface area (Å²) in [6, 6.07) is 2.28. The number of aromatic nitrogens is 2. The molecule has 0 aliphatic carbocycles. The van der Waals surface area contributed by atoms with Crippen LogP contribution < -0.4 is 15.5 Å². The van der Waals surface area contributed by atoms with Crippen molar-refractivity contribution in [2.75, 3.05) is 23.8 Å². The van der Waals surface area contributed by atoms with Crippen LogP contribution in [0.25, 0.3) is 0 Å². The van der Waals surface area contributed by atoms with Crippen LogP contribution >= 0.6 is 23.8 Å². The molecular weight excluding hydrogens is 282 g/mol. The molecule has 1 aliphatic rings. The quantitative estimate of drug-likeness (QED) is 0.646. The molecule has 1 aromatic rings. The Morgan fingerprint density at radius 1 is 1.47 bits per heavy atom. The maximum Gasteiger partial charge on any atom is 0.232 e.